The van der Waals surface area contributed by atoms with Crippen molar-refractivity contribution in [1.82, 2.24) is 0 Å². The van der Waals surface area contributed by atoms with Crippen LogP contribution in [0.2, 0.25) is 0 Å². The molecule has 2 N–H and O–H groups in total. The Hall–Kier alpha value is -1.85. The molecule has 0 saturated carbocycles. The highest BCUT2D eigenvalue weighted by Gasteiger charge is 2.28. The van der Waals surface area contributed by atoms with Gasteiger partial charge in [0.05, 0.1) is 0 Å². The summed E-state index contributed by atoms with van der Waals surface area (Å²) in [5.41, 5.74) is 1.19. The van der Waals surface area contributed by atoms with Gasteiger partial charge >= 0.3 is 0 Å². The van der Waals surface area contributed by atoms with Crippen molar-refractivity contribution < 1.29 is 14.3 Å². The molecule has 0 saturated heterocycles. The summed E-state index contributed by atoms with van der Waals surface area (Å²) >= 11 is 1.40. The molecule has 2 aromatic rings. The smallest absolute Gasteiger partial charge is 0.257 e. The van der Waals surface area contributed by atoms with E-state index in [-0.39, 0.29) is 5.82 Å². The number of fused-ring (bicyclic) bond motifs is 1. The zero-order valence-corrected chi connectivity index (χ0v) is 10.6. The summed E-state index contributed by atoms with van der Waals surface area (Å²) in [6, 6.07) is 11.6. The molecule has 0 spiro atoms. The number of hydrogen-bond acceptors (Lipinski definition) is 3. The summed E-state index contributed by atoms with van der Waals surface area (Å²) in [4.78, 5) is 13.0. The molecule has 3 rings (SSSR count). The summed E-state index contributed by atoms with van der Waals surface area (Å²) in [7, 11) is 0. The highest BCUT2D eigenvalue weighted by molar-refractivity contribution is 7.99. The number of anilines is 1. The van der Waals surface area contributed by atoms with E-state index in [1.807, 2.05) is 6.07 Å². The molecule has 96 valence electrons. The average molecular weight is 275 g/mol. The minimum atomic E-state index is -1.09. The quantitative estimate of drug-likeness (QED) is 0.886. The van der Waals surface area contributed by atoms with Gasteiger partial charge in [0.2, 0.25) is 0 Å². The number of rotatable bonds is 2. The van der Waals surface area contributed by atoms with Crippen molar-refractivity contribution in [2.24, 2.45) is 0 Å². The van der Waals surface area contributed by atoms with Crippen molar-refractivity contribution in [1.29, 1.82) is 0 Å². The minimum absolute atomic E-state index is 0.283. The standard InChI is InChI=1S/C14H10FNO2S/c15-8-2-1-3-9(6-8)19-10-4-5-11-12(7-10)16-14(18)13(11)17/h1-7,13,17H,(H,16,18). The lowest BCUT2D eigenvalue weighted by Crippen LogP contribution is -2.10. The SMILES string of the molecule is O=C1Nc2cc(Sc3cccc(F)c3)ccc2C1O. The lowest BCUT2D eigenvalue weighted by atomic mass is 10.1. The first-order valence-corrected chi connectivity index (χ1v) is 6.51. The van der Waals surface area contributed by atoms with E-state index in [4.69, 9.17) is 0 Å². The van der Waals surface area contributed by atoms with Crippen LogP contribution in [-0.2, 0) is 4.79 Å². The molecule has 1 atom stereocenters. The topological polar surface area (TPSA) is 49.3 Å². The third kappa shape index (κ3) is 2.34. The molecule has 0 aliphatic carbocycles. The van der Waals surface area contributed by atoms with Crippen LogP contribution in [0.4, 0.5) is 10.1 Å². The highest BCUT2D eigenvalue weighted by Crippen LogP contribution is 2.36. The number of nitrogens with one attached hydrogen (secondary N) is 1. The molecule has 2 aromatic carbocycles. The largest absolute Gasteiger partial charge is 0.378 e. The normalized spacial score (nSPS) is 17.2. The second-order valence-corrected chi connectivity index (χ2v) is 5.35. The molecule has 0 radical (unpaired) electrons. The van der Waals surface area contributed by atoms with Gasteiger partial charge in [-0.15, -0.1) is 0 Å². The van der Waals surface area contributed by atoms with Gasteiger partial charge < -0.3 is 10.4 Å². The van der Waals surface area contributed by atoms with Gasteiger partial charge in [0.25, 0.3) is 5.91 Å². The molecule has 1 amide bonds. The van der Waals surface area contributed by atoms with Crippen LogP contribution in [0.5, 0.6) is 0 Å². The Balaban J connectivity index is 1.88. The van der Waals surface area contributed by atoms with E-state index in [0.717, 1.165) is 9.79 Å². The molecule has 1 aliphatic heterocycles. The molecule has 0 bridgehead atoms. The summed E-state index contributed by atoms with van der Waals surface area (Å²) in [5, 5.41) is 12.2. The first-order valence-electron chi connectivity index (χ1n) is 5.70. The fourth-order valence-corrected chi connectivity index (χ4v) is 2.86. The van der Waals surface area contributed by atoms with Crippen molar-refractivity contribution >= 4 is 23.4 Å². The number of carbonyl (C=O) groups excluding carboxylic acids is 1. The lowest BCUT2D eigenvalue weighted by molar-refractivity contribution is -0.123. The average Bonchev–Trinajstić information content (AvgIpc) is 2.65. The zero-order valence-electron chi connectivity index (χ0n) is 9.76. The maximum absolute atomic E-state index is 13.1. The molecular formula is C14H10FNO2S. The van der Waals surface area contributed by atoms with E-state index in [1.165, 1.54) is 23.9 Å². The maximum Gasteiger partial charge on any atom is 0.257 e. The van der Waals surface area contributed by atoms with Crippen molar-refractivity contribution in [2.45, 2.75) is 15.9 Å². The fraction of sp³-hybridized carbons (Fsp3) is 0.0714. The van der Waals surface area contributed by atoms with Crippen LogP contribution in [0, 0.1) is 5.82 Å². The van der Waals surface area contributed by atoms with Gasteiger partial charge in [-0.2, -0.15) is 0 Å². The fourth-order valence-electron chi connectivity index (χ4n) is 1.95. The van der Waals surface area contributed by atoms with Gasteiger partial charge in [0.1, 0.15) is 5.82 Å². The number of carbonyl (C=O) groups is 1. The first kappa shape index (κ1) is 12.2. The Morgan fingerprint density at radius 2 is 1.95 bits per heavy atom. The molecule has 1 unspecified atom stereocenters. The van der Waals surface area contributed by atoms with Gasteiger partial charge in [0, 0.05) is 21.0 Å². The molecule has 3 nitrogen and oxygen atoms in total. The summed E-state index contributed by atoms with van der Waals surface area (Å²) in [5.74, 6) is -0.696. The third-order valence-electron chi connectivity index (χ3n) is 2.86. The van der Waals surface area contributed by atoms with Gasteiger partial charge in [-0.1, -0.05) is 23.9 Å². The lowest BCUT2D eigenvalue weighted by Gasteiger charge is -2.05. The molecule has 0 aromatic heterocycles. The molecule has 1 aliphatic rings. The van der Waals surface area contributed by atoms with E-state index >= 15 is 0 Å². The van der Waals surface area contributed by atoms with Crippen molar-refractivity contribution in [3.8, 4) is 0 Å². The Bertz CT molecular complexity index is 660. The van der Waals surface area contributed by atoms with Crippen molar-refractivity contribution in [3.05, 3.63) is 53.8 Å². The molecule has 5 heteroatoms. The Morgan fingerprint density at radius 1 is 1.16 bits per heavy atom. The van der Waals surface area contributed by atoms with Gasteiger partial charge in [-0.25, -0.2) is 4.39 Å². The molecule has 0 fully saturated rings. The van der Waals surface area contributed by atoms with Crippen LogP contribution in [0.3, 0.4) is 0 Å². The second kappa shape index (κ2) is 4.68. The van der Waals surface area contributed by atoms with E-state index in [0.29, 0.717) is 11.3 Å². The van der Waals surface area contributed by atoms with E-state index < -0.39 is 12.0 Å². The first-order chi connectivity index (χ1) is 9.13. The minimum Gasteiger partial charge on any atom is -0.378 e. The number of aliphatic hydroxyl groups excluding tert-OH is 1. The van der Waals surface area contributed by atoms with Gasteiger partial charge in [-0.05, 0) is 30.3 Å². The molecule has 19 heavy (non-hydrogen) atoms. The van der Waals surface area contributed by atoms with E-state index in [2.05, 4.69) is 5.32 Å². The van der Waals surface area contributed by atoms with Crippen LogP contribution < -0.4 is 5.32 Å². The number of hydrogen-bond donors (Lipinski definition) is 2. The number of benzene rings is 2. The summed E-state index contributed by atoms with van der Waals surface area (Å²) < 4.78 is 13.1. The number of amides is 1. The van der Waals surface area contributed by atoms with Crippen LogP contribution in [0.1, 0.15) is 11.7 Å². The molecule has 1 heterocycles. The van der Waals surface area contributed by atoms with Crippen LogP contribution in [0.15, 0.2) is 52.3 Å². The predicted molar refractivity (Wildman–Crippen MR) is 70.6 cm³/mol. The highest BCUT2D eigenvalue weighted by atomic mass is 32.2. The number of aliphatic hydroxyl groups is 1. The Morgan fingerprint density at radius 3 is 2.74 bits per heavy atom. The zero-order chi connectivity index (χ0) is 13.4. The predicted octanol–water partition coefficient (Wildman–Crippen LogP) is 2.96. The van der Waals surface area contributed by atoms with E-state index in [9.17, 15) is 14.3 Å². The molecular weight excluding hydrogens is 265 g/mol. The Kier molecular flexibility index (Phi) is 3.00. The third-order valence-corrected chi connectivity index (χ3v) is 3.84. The van der Waals surface area contributed by atoms with E-state index in [1.54, 1.807) is 24.3 Å². The van der Waals surface area contributed by atoms with Crippen LogP contribution in [0.25, 0.3) is 0 Å². The monoisotopic (exact) mass is 275 g/mol. The maximum atomic E-state index is 13.1. The van der Waals surface area contributed by atoms with Crippen molar-refractivity contribution in [3.63, 3.8) is 0 Å². The van der Waals surface area contributed by atoms with Gasteiger partial charge in [0.15, 0.2) is 6.10 Å². The number of halogens is 1. The van der Waals surface area contributed by atoms with Crippen molar-refractivity contribution in [2.75, 3.05) is 5.32 Å². The Labute approximate surface area is 113 Å². The summed E-state index contributed by atoms with van der Waals surface area (Å²) in [6.45, 7) is 0. The second-order valence-electron chi connectivity index (χ2n) is 4.20. The van der Waals surface area contributed by atoms with Crippen LogP contribution >= 0.6 is 11.8 Å². The van der Waals surface area contributed by atoms with Crippen LogP contribution in [-0.4, -0.2) is 11.0 Å². The summed E-state index contributed by atoms with van der Waals surface area (Å²) in [6.07, 6.45) is -1.09. The van der Waals surface area contributed by atoms with Gasteiger partial charge in [-0.3, -0.25) is 4.79 Å².